The normalized spacial score (nSPS) is 10.6. The van der Waals surface area contributed by atoms with E-state index in [1.807, 2.05) is 31.2 Å². The first kappa shape index (κ1) is 12.0. The van der Waals surface area contributed by atoms with Crippen LogP contribution >= 0.6 is 15.9 Å². The van der Waals surface area contributed by atoms with Gasteiger partial charge in [-0.25, -0.2) is 4.79 Å². The summed E-state index contributed by atoms with van der Waals surface area (Å²) < 4.78 is 4.73. The summed E-state index contributed by atoms with van der Waals surface area (Å²) in [5.41, 5.74) is 2.60. The fourth-order valence-electron chi connectivity index (χ4n) is 1.38. The number of carbonyl (C=O) groups is 1. The third kappa shape index (κ3) is 2.69. The number of hydrogen-bond donors (Lipinski definition) is 0. The highest BCUT2D eigenvalue weighted by Gasteiger charge is 2.12. The third-order valence-electron chi connectivity index (χ3n) is 2.08. The number of hydrogen-bond acceptors (Lipinski definition) is 2. The topological polar surface area (TPSA) is 26.3 Å². The summed E-state index contributed by atoms with van der Waals surface area (Å²) in [5, 5.41) is 0.720. The zero-order chi connectivity index (χ0) is 11.3. The first-order chi connectivity index (χ1) is 7.24. The fourth-order valence-corrected chi connectivity index (χ4v) is 1.87. The molecule has 1 aromatic rings. The van der Waals surface area contributed by atoms with Crippen molar-refractivity contribution in [1.29, 1.82) is 0 Å². The van der Waals surface area contributed by atoms with Gasteiger partial charge in [-0.05, 0) is 24.1 Å². The Morgan fingerprint density at radius 3 is 2.80 bits per heavy atom. The molecule has 0 amide bonds. The van der Waals surface area contributed by atoms with Crippen LogP contribution in [0.3, 0.4) is 0 Å². The molecule has 0 aliphatic rings. The van der Waals surface area contributed by atoms with Crippen molar-refractivity contribution in [2.75, 3.05) is 7.11 Å². The number of esters is 1. The van der Waals surface area contributed by atoms with Crippen molar-refractivity contribution in [3.63, 3.8) is 0 Å². The summed E-state index contributed by atoms with van der Waals surface area (Å²) in [5.74, 6) is -0.300. The summed E-state index contributed by atoms with van der Waals surface area (Å²) in [7, 11) is 1.39. The number of ether oxygens (including phenoxy) is 1. The fraction of sp³-hybridized carbons (Fsp3) is 0.250. The highest BCUT2D eigenvalue weighted by Crippen LogP contribution is 2.20. The van der Waals surface area contributed by atoms with Crippen molar-refractivity contribution in [2.45, 2.75) is 12.3 Å². The van der Waals surface area contributed by atoms with Gasteiger partial charge < -0.3 is 4.74 Å². The van der Waals surface area contributed by atoms with E-state index in [1.165, 1.54) is 7.11 Å². The van der Waals surface area contributed by atoms with Crippen LogP contribution in [-0.4, -0.2) is 13.1 Å². The Morgan fingerprint density at radius 1 is 1.53 bits per heavy atom. The average Bonchev–Trinajstić information content (AvgIpc) is 2.28. The molecule has 0 aromatic heterocycles. The number of halogens is 1. The maximum Gasteiger partial charge on any atom is 0.338 e. The molecule has 0 aliphatic heterocycles. The van der Waals surface area contributed by atoms with Crippen LogP contribution in [0.5, 0.6) is 0 Å². The number of alkyl halides is 1. The molecule has 80 valence electrons. The molecule has 0 heterocycles. The smallest absolute Gasteiger partial charge is 0.338 e. The van der Waals surface area contributed by atoms with Gasteiger partial charge in [0.15, 0.2) is 0 Å². The first-order valence-corrected chi connectivity index (χ1v) is 5.75. The number of allylic oxidation sites excluding steroid dienone is 1. The molecule has 0 aliphatic carbocycles. The molecule has 1 aromatic carbocycles. The second-order valence-corrected chi connectivity index (χ2v) is 3.56. The van der Waals surface area contributed by atoms with E-state index in [-0.39, 0.29) is 5.97 Å². The van der Waals surface area contributed by atoms with Gasteiger partial charge in [0, 0.05) is 5.33 Å². The van der Waals surface area contributed by atoms with Gasteiger partial charge in [0.1, 0.15) is 0 Å². The molecule has 15 heavy (non-hydrogen) atoms. The van der Waals surface area contributed by atoms with Crippen LogP contribution in [0, 0.1) is 0 Å². The lowest BCUT2D eigenvalue weighted by molar-refractivity contribution is 0.0600. The van der Waals surface area contributed by atoms with E-state index >= 15 is 0 Å². The molecule has 0 fully saturated rings. The molecule has 0 bridgehead atoms. The monoisotopic (exact) mass is 268 g/mol. The molecule has 0 saturated carbocycles. The van der Waals surface area contributed by atoms with Crippen molar-refractivity contribution in [3.05, 3.63) is 41.0 Å². The minimum atomic E-state index is -0.300. The van der Waals surface area contributed by atoms with Crippen LogP contribution in [0.2, 0.25) is 0 Å². The number of benzene rings is 1. The van der Waals surface area contributed by atoms with E-state index in [4.69, 9.17) is 4.74 Å². The number of rotatable bonds is 3. The van der Waals surface area contributed by atoms with Gasteiger partial charge in [0.25, 0.3) is 0 Å². The predicted molar refractivity (Wildman–Crippen MR) is 65.1 cm³/mol. The van der Waals surface area contributed by atoms with Crippen molar-refractivity contribution in [2.24, 2.45) is 0 Å². The van der Waals surface area contributed by atoms with Gasteiger partial charge in [-0.2, -0.15) is 0 Å². The zero-order valence-electron chi connectivity index (χ0n) is 8.79. The number of carbonyl (C=O) groups excluding carboxylic acids is 1. The highest BCUT2D eigenvalue weighted by atomic mass is 79.9. The predicted octanol–water partition coefficient (Wildman–Crippen LogP) is 3.40. The van der Waals surface area contributed by atoms with Crippen LogP contribution in [0.4, 0.5) is 0 Å². The second kappa shape index (κ2) is 5.71. The van der Waals surface area contributed by atoms with E-state index in [1.54, 1.807) is 6.07 Å². The molecular weight excluding hydrogens is 256 g/mol. The number of methoxy groups -OCH3 is 1. The molecule has 3 heteroatoms. The van der Waals surface area contributed by atoms with Gasteiger partial charge in [-0.15, -0.1) is 0 Å². The Balaban J connectivity index is 3.31. The summed E-state index contributed by atoms with van der Waals surface area (Å²) >= 11 is 3.40. The van der Waals surface area contributed by atoms with Crippen molar-refractivity contribution >= 4 is 28.0 Å². The molecule has 0 saturated heterocycles. The lowest BCUT2D eigenvalue weighted by Gasteiger charge is -2.08. The molecule has 2 nitrogen and oxygen atoms in total. The molecule has 0 spiro atoms. The minimum absolute atomic E-state index is 0.300. The first-order valence-electron chi connectivity index (χ1n) is 4.63. The lowest BCUT2D eigenvalue weighted by Crippen LogP contribution is -2.05. The van der Waals surface area contributed by atoms with Crippen LogP contribution < -0.4 is 0 Å². The Labute approximate surface area is 98.1 Å². The molecule has 0 N–H and O–H groups in total. The second-order valence-electron chi connectivity index (χ2n) is 3.00. The quantitative estimate of drug-likeness (QED) is 0.621. The molecule has 0 radical (unpaired) electrons. The SMILES string of the molecule is CC=Cc1c(CBr)cccc1C(=O)OC. The maximum absolute atomic E-state index is 11.5. The lowest BCUT2D eigenvalue weighted by atomic mass is 10.0. The average molecular weight is 269 g/mol. The van der Waals surface area contributed by atoms with E-state index < -0.39 is 0 Å². The van der Waals surface area contributed by atoms with Crippen molar-refractivity contribution in [1.82, 2.24) is 0 Å². The van der Waals surface area contributed by atoms with Gasteiger partial charge in [-0.3, -0.25) is 0 Å². The van der Waals surface area contributed by atoms with Gasteiger partial charge in [-0.1, -0.05) is 40.2 Å². The largest absolute Gasteiger partial charge is 0.465 e. The molecule has 1 rings (SSSR count). The van der Waals surface area contributed by atoms with Crippen LogP contribution in [0.25, 0.3) is 6.08 Å². The maximum atomic E-state index is 11.5. The summed E-state index contributed by atoms with van der Waals surface area (Å²) in [6.45, 7) is 1.92. The van der Waals surface area contributed by atoms with E-state index in [0.29, 0.717) is 5.56 Å². The summed E-state index contributed by atoms with van der Waals surface area (Å²) in [4.78, 5) is 11.5. The van der Waals surface area contributed by atoms with E-state index in [0.717, 1.165) is 16.5 Å². The Morgan fingerprint density at radius 2 is 2.27 bits per heavy atom. The van der Waals surface area contributed by atoms with Crippen molar-refractivity contribution < 1.29 is 9.53 Å². The van der Waals surface area contributed by atoms with Gasteiger partial charge >= 0.3 is 5.97 Å². The van der Waals surface area contributed by atoms with Crippen molar-refractivity contribution in [3.8, 4) is 0 Å². The molecule has 0 atom stereocenters. The third-order valence-corrected chi connectivity index (χ3v) is 2.68. The Kier molecular flexibility index (Phi) is 4.56. The van der Waals surface area contributed by atoms with E-state index in [9.17, 15) is 4.79 Å². The van der Waals surface area contributed by atoms with Gasteiger partial charge in [0.2, 0.25) is 0 Å². The zero-order valence-corrected chi connectivity index (χ0v) is 10.4. The highest BCUT2D eigenvalue weighted by molar-refractivity contribution is 9.08. The standard InChI is InChI=1S/C12H13BrO2/c1-3-5-10-9(8-13)6-4-7-11(10)12(14)15-2/h3-7H,8H2,1-2H3. The Bertz CT molecular complexity index is 383. The minimum Gasteiger partial charge on any atom is -0.465 e. The van der Waals surface area contributed by atoms with Crippen LogP contribution in [0.1, 0.15) is 28.4 Å². The Hall–Kier alpha value is -1.09. The van der Waals surface area contributed by atoms with Crippen LogP contribution in [-0.2, 0) is 10.1 Å². The summed E-state index contributed by atoms with van der Waals surface area (Å²) in [6.07, 6.45) is 3.83. The molecular formula is C12H13BrO2. The van der Waals surface area contributed by atoms with Crippen LogP contribution in [0.15, 0.2) is 24.3 Å². The van der Waals surface area contributed by atoms with Gasteiger partial charge in [0.05, 0.1) is 12.7 Å². The molecule has 0 unspecified atom stereocenters. The summed E-state index contributed by atoms with van der Waals surface area (Å²) in [6, 6.07) is 5.61. The van der Waals surface area contributed by atoms with E-state index in [2.05, 4.69) is 15.9 Å².